The Bertz CT molecular complexity index is 1030. The summed E-state index contributed by atoms with van der Waals surface area (Å²) in [4.78, 5) is 10.7. The van der Waals surface area contributed by atoms with E-state index in [0.717, 1.165) is 37.9 Å². The highest BCUT2D eigenvalue weighted by Gasteiger charge is 2.25. The maximum Gasteiger partial charge on any atom is 0.329 e. The van der Waals surface area contributed by atoms with E-state index in [9.17, 15) is 4.79 Å². The Morgan fingerprint density at radius 3 is 2.28 bits per heavy atom. The summed E-state index contributed by atoms with van der Waals surface area (Å²) in [5, 5.41) is 13.7. The molecule has 0 saturated heterocycles. The molecule has 0 bridgehead atoms. The van der Waals surface area contributed by atoms with Gasteiger partial charge in [0.1, 0.15) is 6.61 Å². The molecule has 5 heteroatoms. The first-order chi connectivity index (χ1) is 15.5. The van der Waals surface area contributed by atoms with Gasteiger partial charge in [0, 0.05) is 17.7 Å². The molecular weight excluding hydrogens is 400 g/mol. The van der Waals surface area contributed by atoms with Crippen LogP contribution in [0.25, 0.3) is 22.4 Å². The van der Waals surface area contributed by atoms with Crippen LogP contribution in [0.2, 0.25) is 0 Å². The number of benzene rings is 2. The van der Waals surface area contributed by atoms with Gasteiger partial charge in [-0.1, -0.05) is 60.2 Å². The lowest BCUT2D eigenvalue weighted by atomic mass is 9.82. The van der Waals surface area contributed by atoms with Crippen LogP contribution in [0, 0.1) is 25.7 Å². The van der Waals surface area contributed by atoms with E-state index < -0.39 is 5.97 Å². The largest absolute Gasteiger partial charge is 0.480 e. The summed E-state index contributed by atoms with van der Waals surface area (Å²) in [6.45, 7) is 5.47. The second-order valence-electron chi connectivity index (χ2n) is 9.02. The maximum absolute atomic E-state index is 10.7. The molecule has 0 spiro atoms. The number of carboxylic acid groups (broad SMARTS) is 1. The van der Waals surface area contributed by atoms with Crippen molar-refractivity contribution in [1.29, 1.82) is 0 Å². The zero-order valence-corrected chi connectivity index (χ0v) is 19.0. The third kappa shape index (κ3) is 5.28. The first-order valence-electron chi connectivity index (χ1n) is 11.5. The van der Waals surface area contributed by atoms with Gasteiger partial charge in [0.25, 0.3) is 0 Å². The van der Waals surface area contributed by atoms with Crippen LogP contribution in [0.15, 0.2) is 54.6 Å². The molecule has 4 rings (SSSR count). The summed E-state index contributed by atoms with van der Waals surface area (Å²) >= 11 is 0. The van der Waals surface area contributed by atoms with E-state index in [2.05, 4.69) is 73.1 Å². The van der Waals surface area contributed by atoms with Gasteiger partial charge in [0.05, 0.1) is 18.0 Å². The summed E-state index contributed by atoms with van der Waals surface area (Å²) in [7, 11) is 0. The molecule has 1 heterocycles. The van der Waals surface area contributed by atoms with Crippen molar-refractivity contribution >= 4 is 5.97 Å². The molecular formula is C27H32N2O3. The molecule has 5 nitrogen and oxygen atoms in total. The fraction of sp³-hybridized carbons (Fsp3) is 0.407. The highest BCUT2D eigenvalue weighted by Crippen LogP contribution is 2.37. The second kappa shape index (κ2) is 10.1. The fourth-order valence-electron chi connectivity index (χ4n) is 4.81. The number of hydrogen-bond acceptors (Lipinski definition) is 3. The molecule has 0 aliphatic heterocycles. The molecule has 0 atom stereocenters. The van der Waals surface area contributed by atoms with Crippen molar-refractivity contribution in [2.45, 2.75) is 46.1 Å². The third-order valence-corrected chi connectivity index (χ3v) is 6.49. The van der Waals surface area contributed by atoms with Crippen LogP contribution in [0.5, 0.6) is 0 Å². The zero-order valence-electron chi connectivity index (χ0n) is 19.0. The Morgan fingerprint density at radius 2 is 1.62 bits per heavy atom. The average molecular weight is 433 g/mol. The number of rotatable bonds is 8. The van der Waals surface area contributed by atoms with Crippen molar-refractivity contribution in [3.8, 4) is 22.4 Å². The number of aliphatic carboxylic acids is 1. The highest BCUT2D eigenvalue weighted by atomic mass is 16.5. The van der Waals surface area contributed by atoms with Gasteiger partial charge in [-0.15, -0.1) is 0 Å². The van der Waals surface area contributed by atoms with Gasteiger partial charge in [-0.3, -0.25) is 4.68 Å². The monoisotopic (exact) mass is 432 g/mol. The van der Waals surface area contributed by atoms with Crippen LogP contribution >= 0.6 is 0 Å². The van der Waals surface area contributed by atoms with E-state index in [-0.39, 0.29) is 6.61 Å². The predicted molar refractivity (Wildman–Crippen MR) is 126 cm³/mol. The number of nitrogens with zero attached hydrogens (tertiary/aromatic N) is 2. The summed E-state index contributed by atoms with van der Waals surface area (Å²) in [5.74, 6) is 0.130. The van der Waals surface area contributed by atoms with E-state index in [4.69, 9.17) is 14.9 Å². The van der Waals surface area contributed by atoms with Crippen LogP contribution in [0.1, 0.15) is 36.9 Å². The Morgan fingerprint density at radius 1 is 0.969 bits per heavy atom. The number of aromatic nitrogens is 2. The second-order valence-corrected chi connectivity index (χ2v) is 9.02. The van der Waals surface area contributed by atoms with E-state index in [1.807, 2.05) is 0 Å². The molecule has 1 aromatic heterocycles. The van der Waals surface area contributed by atoms with E-state index >= 15 is 0 Å². The van der Waals surface area contributed by atoms with E-state index in [1.54, 1.807) is 0 Å². The van der Waals surface area contributed by atoms with Crippen LogP contribution < -0.4 is 0 Å². The minimum atomic E-state index is -0.898. The number of hydrogen-bond donors (Lipinski definition) is 1. The average Bonchev–Trinajstić information content (AvgIpc) is 3.11. The topological polar surface area (TPSA) is 64.4 Å². The number of carbonyl (C=O) groups is 1. The molecule has 0 radical (unpaired) electrons. The van der Waals surface area contributed by atoms with Crippen LogP contribution in [-0.2, 0) is 16.1 Å². The van der Waals surface area contributed by atoms with Gasteiger partial charge in [0.2, 0.25) is 0 Å². The van der Waals surface area contributed by atoms with Crippen molar-refractivity contribution in [2.75, 3.05) is 13.2 Å². The summed E-state index contributed by atoms with van der Waals surface area (Å²) in [6, 6.07) is 19.3. The normalized spacial score (nSPS) is 18.6. The fourth-order valence-corrected chi connectivity index (χ4v) is 4.81. The van der Waals surface area contributed by atoms with Gasteiger partial charge >= 0.3 is 5.97 Å². The quantitative estimate of drug-likeness (QED) is 0.493. The highest BCUT2D eigenvalue weighted by molar-refractivity contribution is 5.83. The van der Waals surface area contributed by atoms with Crippen molar-refractivity contribution in [2.24, 2.45) is 11.8 Å². The summed E-state index contributed by atoms with van der Waals surface area (Å²) in [5.41, 5.74) is 7.12. The lowest BCUT2D eigenvalue weighted by Crippen LogP contribution is -2.23. The van der Waals surface area contributed by atoms with Crippen molar-refractivity contribution < 1.29 is 14.6 Å². The van der Waals surface area contributed by atoms with Gasteiger partial charge in [-0.25, -0.2) is 4.79 Å². The molecule has 1 saturated carbocycles. The lowest BCUT2D eigenvalue weighted by molar-refractivity contribution is -0.142. The number of carboxylic acids is 1. The van der Waals surface area contributed by atoms with Crippen molar-refractivity contribution in [3.63, 3.8) is 0 Å². The molecule has 0 unspecified atom stereocenters. The van der Waals surface area contributed by atoms with Gasteiger partial charge in [-0.2, -0.15) is 5.10 Å². The van der Waals surface area contributed by atoms with Crippen molar-refractivity contribution in [1.82, 2.24) is 9.78 Å². The van der Waals surface area contributed by atoms with E-state index in [0.29, 0.717) is 18.4 Å². The molecule has 1 aliphatic rings. The minimum Gasteiger partial charge on any atom is -0.480 e. The summed E-state index contributed by atoms with van der Waals surface area (Å²) < 4.78 is 7.54. The Kier molecular flexibility index (Phi) is 7.05. The van der Waals surface area contributed by atoms with Gasteiger partial charge in [0.15, 0.2) is 0 Å². The molecule has 32 heavy (non-hydrogen) atoms. The Hall–Kier alpha value is -2.92. The van der Waals surface area contributed by atoms with Crippen molar-refractivity contribution in [3.05, 3.63) is 65.9 Å². The van der Waals surface area contributed by atoms with Crippen LogP contribution in [0.3, 0.4) is 0 Å². The Labute approximate surface area is 190 Å². The van der Waals surface area contributed by atoms with Crippen LogP contribution in [-0.4, -0.2) is 34.1 Å². The molecule has 168 valence electrons. The number of aryl methyl sites for hydroxylation is 2. The van der Waals surface area contributed by atoms with Crippen LogP contribution in [0.4, 0.5) is 0 Å². The smallest absolute Gasteiger partial charge is 0.329 e. The van der Waals surface area contributed by atoms with E-state index in [1.165, 1.54) is 27.9 Å². The molecule has 0 amide bonds. The molecule has 3 aromatic rings. The SMILES string of the molecule is Cc1ccc(-c2c(C)nn(CC3CCC(COCC(=O)O)CC3)c2-c2ccccc2)cc1. The third-order valence-electron chi connectivity index (χ3n) is 6.49. The lowest BCUT2D eigenvalue weighted by Gasteiger charge is -2.28. The standard InChI is InChI=1S/C27H32N2O3/c1-19-8-14-23(15-9-19)26-20(2)28-29(27(26)24-6-4-3-5-7-24)16-21-10-12-22(13-11-21)17-32-18-25(30)31/h3-9,14-15,21-22H,10-13,16-18H2,1-2H3,(H,30,31). The molecule has 1 N–H and O–H groups in total. The molecule has 1 aliphatic carbocycles. The summed E-state index contributed by atoms with van der Waals surface area (Å²) in [6.07, 6.45) is 4.40. The molecule has 1 fully saturated rings. The predicted octanol–water partition coefficient (Wildman–Crippen LogP) is 5.74. The first-order valence-corrected chi connectivity index (χ1v) is 11.5. The maximum atomic E-state index is 10.7. The minimum absolute atomic E-state index is 0.200. The Balaban J connectivity index is 1.54. The number of ether oxygens (including phenoxy) is 1. The zero-order chi connectivity index (χ0) is 22.5. The first kappa shape index (κ1) is 22.3. The van der Waals surface area contributed by atoms with Gasteiger partial charge < -0.3 is 9.84 Å². The molecule has 2 aromatic carbocycles. The van der Waals surface area contributed by atoms with Gasteiger partial charge in [-0.05, 0) is 56.9 Å².